The molecule has 0 saturated heterocycles. The first-order chi connectivity index (χ1) is 5.83. The van der Waals surface area contributed by atoms with E-state index >= 15 is 0 Å². The number of hydrogen-bond acceptors (Lipinski definition) is 3. The Hall–Kier alpha value is -1.03. The van der Waals surface area contributed by atoms with Gasteiger partial charge in [-0.15, -0.1) is 0 Å². The van der Waals surface area contributed by atoms with Crippen LogP contribution in [0, 0.1) is 0 Å². The Labute approximate surface area is 73.0 Å². The normalized spacial score (nSPS) is 10.2. The maximum atomic E-state index is 4.05. The van der Waals surface area contributed by atoms with Gasteiger partial charge in [-0.2, -0.15) is 5.10 Å². The minimum Gasteiger partial charge on any atom is -0.381 e. The van der Waals surface area contributed by atoms with E-state index in [9.17, 15) is 0 Å². The van der Waals surface area contributed by atoms with Crippen molar-refractivity contribution in [3.63, 3.8) is 0 Å². The lowest BCUT2D eigenvalue weighted by atomic mass is 10.5. The van der Waals surface area contributed by atoms with Gasteiger partial charge >= 0.3 is 0 Å². The van der Waals surface area contributed by atoms with Gasteiger partial charge in [0.2, 0.25) is 0 Å². The van der Waals surface area contributed by atoms with Crippen LogP contribution in [-0.4, -0.2) is 29.4 Å². The average Bonchev–Trinajstić information content (AvgIpc) is 2.45. The molecule has 1 heterocycles. The quantitative estimate of drug-likeness (QED) is 0.627. The summed E-state index contributed by atoms with van der Waals surface area (Å²) in [7, 11) is 1.91. The zero-order valence-corrected chi connectivity index (χ0v) is 7.67. The molecule has 0 spiro atoms. The Morgan fingerprint density at radius 2 is 2.33 bits per heavy atom. The van der Waals surface area contributed by atoms with E-state index in [0.29, 0.717) is 0 Å². The van der Waals surface area contributed by atoms with Crippen LogP contribution in [-0.2, 0) is 7.05 Å². The van der Waals surface area contributed by atoms with Crippen LogP contribution in [0.5, 0.6) is 0 Å². The maximum absolute atomic E-state index is 4.05. The Kier molecular flexibility index (Phi) is 3.60. The van der Waals surface area contributed by atoms with Gasteiger partial charge < -0.3 is 10.6 Å². The molecule has 12 heavy (non-hydrogen) atoms. The maximum Gasteiger partial charge on any atom is 0.0726 e. The molecular formula is C8H16N4. The molecule has 0 aliphatic heterocycles. The van der Waals surface area contributed by atoms with Crippen molar-refractivity contribution in [1.82, 2.24) is 15.1 Å². The van der Waals surface area contributed by atoms with Crippen molar-refractivity contribution in [2.45, 2.75) is 6.92 Å². The second-order valence-electron chi connectivity index (χ2n) is 2.68. The van der Waals surface area contributed by atoms with Crippen LogP contribution in [0.25, 0.3) is 0 Å². The lowest BCUT2D eigenvalue weighted by molar-refractivity contribution is 0.738. The highest BCUT2D eigenvalue weighted by atomic mass is 15.3. The number of nitrogens with one attached hydrogen (secondary N) is 2. The van der Waals surface area contributed by atoms with Crippen LogP contribution in [0.4, 0.5) is 5.69 Å². The highest BCUT2D eigenvalue weighted by molar-refractivity contribution is 5.37. The fourth-order valence-electron chi connectivity index (χ4n) is 0.985. The topological polar surface area (TPSA) is 41.9 Å². The first kappa shape index (κ1) is 9.06. The van der Waals surface area contributed by atoms with Gasteiger partial charge in [-0.1, -0.05) is 6.92 Å². The first-order valence-corrected chi connectivity index (χ1v) is 4.26. The first-order valence-electron chi connectivity index (χ1n) is 4.26. The zero-order valence-electron chi connectivity index (χ0n) is 7.67. The summed E-state index contributed by atoms with van der Waals surface area (Å²) in [6, 6.07) is 0. The van der Waals surface area contributed by atoms with Gasteiger partial charge in [-0.3, -0.25) is 4.68 Å². The van der Waals surface area contributed by atoms with Crippen LogP contribution in [0.1, 0.15) is 6.92 Å². The number of rotatable bonds is 5. The van der Waals surface area contributed by atoms with Crippen molar-refractivity contribution < 1.29 is 0 Å². The molecule has 1 aromatic heterocycles. The molecule has 68 valence electrons. The molecule has 4 nitrogen and oxygen atoms in total. The molecule has 1 rings (SSSR count). The summed E-state index contributed by atoms with van der Waals surface area (Å²) in [5.74, 6) is 0. The molecule has 0 radical (unpaired) electrons. The molecule has 4 heteroatoms. The predicted molar refractivity (Wildman–Crippen MR) is 50.2 cm³/mol. The van der Waals surface area contributed by atoms with E-state index in [4.69, 9.17) is 0 Å². The standard InChI is InChI=1S/C8H16N4/c1-3-9-4-5-10-8-6-11-12(2)7-8/h6-7,9-10H,3-5H2,1-2H3. The van der Waals surface area contributed by atoms with Crippen molar-refractivity contribution in [2.24, 2.45) is 7.05 Å². The van der Waals surface area contributed by atoms with Crippen molar-refractivity contribution in [3.05, 3.63) is 12.4 Å². The number of anilines is 1. The van der Waals surface area contributed by atoms with Crippen molar-refractivity contribution in [1.29, 1.82) is 0 Å². The summed E-state index contributed by atoms with van der Waals surface area (Å²) in [6.07, 6.45) is 3.79. The monoisotopic (exact) mass is 168 g/mol. The SMILES string of the molecule is CCNCCNc1cnn(C)c1. The van der Waals surface area contributed by atoms with E-state index in [-0.39, 0.29) is 0 Å². The molecule has 0 saturated carbocycles. The number of likely N-dealkylation sites (N-methyl/N-ethyl adjacent to an activating group) is 1. The fraction of sp³-hybridized carbons (Fsp3) is 0.625. The minimum atomic E-state index is 0.944. The number of aryl methyl sites for hydroxylation is 1. The van der Waals surface area contributed by atoms with Crippen molar-refractivity contribution in [3.8, 4) is 0 Å². The number of nitrogens with zero attached hydrogens (tertiary/aromatic N) is 2. The third kappa shape index (κ3) is 2.92. The molecule has 2 N–H and O–H groups in total. The third-order valence-corrected chi connectivity index (χ3v) is 1.59. The Morgan fingerprint density at radius 1 is 1.50 bits per heavy atom. The van der Waals surface area contributed by atoms with Gasteiger partial charge in [-0.05, 0) is 6.54 Å². The summed E-state index contributed by atoms with van der Waals surface area (Å²) in [5, 5.41) is 10.5. The van der Waals surface area contributed by atoms with Crippen LogP contribution in [0.2, 0.25) is 0 Å². The third-order valence-electron chi connectivity index (χ3n) is 1.59. The van der Waals surface area contributed by atoms with Crippen molar-refractivity contribution in [2.75, 3.05) is 25.0 Å². The smallest absolute Gasteiger partial charge is 0.0726 e. The summed E-state index contributed by atoms with van der Waals surface area (Å²) in [4.78, 5) is 0. The van der Waals surface area contributed by atoms with Gasteiger partial charge in [-0.25, -0.2) is 0 Å². The predicted octanol–water partition coefficient (Wildman–Crippen LogP) is 0.441. The molecule has 0 aliphatic carbocycles. The van der Waals surface area contributed by atoms with E-state index in [1.165, 1.54) is 0 Å². The molecule has 0 unspecified atom stereocenters. The van der Waals surface area contributed by atoms with Gasteiger partial charge in [0.25, 0.3) is 0 Å². The Bertz CT molecular complexity index is 219. The number of aromatic nitrogens is 2. The number of hydrogen-bond donors (Lipinski definition) is 2. The van der Waals surface area contributed by atoms with Gasteiger partial charge in [0, 0.05) is 26.3 Å². The summed E-state index contributed by atoms with van der Waals surface area (Å²) >= 11 is 0. The fourth-order valence-corrected chi connectivity index (χ4v) is 0.985. The Morgan fingerprint density at radius 3 is 2.92 bits per heavy atom. The average molecular weight is 168 g/mol. The van der Waals surface area contributed by atoms with Gasteiger partial charge in [0.1, 0.15) is 0 Å². The van der Waals surface area contributed by atoms with Gasteiger partial charge in [0.15, 0.2) is 0 Å². The van der Waals surface area contributed by atoms with Crippen LogP contribution in [0.3, 0.4) is 0 Å². The van der Waals surface area contributed by atoms with Crippen LogP contribution >= 0.6 is 0 Å². The van der Waals surface area contributed by atoms with E-state index in [1.54, 1.807) is 4.68 Å². The van der Waals surface area contributed by atoms with Crippen molar-refractivity contribution >= 4 is 5.69 Å². The summed E-state index contributed by atoms with van der Waals surface area (Å²) in [5.41, 5.74) is 1.08. The van der Waals surface area contributed by atoms with E-state index in [2.05, 4.69) is 22.7 Å². The lowest BCUT2D eigenvalue weighted by Gasteiger charge is -2.02. The van der Waals surface area contributed by atoms with E-state index in [0.717, 1.165) is 25.3 Å². The summed E-state index contributed by atoms with van der Waals surface area (Å²) in [6.45, 7) is 5.06. The lowest BCUT2D eigenvalue weighted by Crippen LogP contribution is -2.21. The molecule has 0 atom stereocenters. The molecule has 0 bridgehead atoms. The molecular weight excluding hydrogens is 152 g/mol. The largest absolute Gasteiger partial charge is 0.381 e. The highest BCUT2D eigenvalue weighted by Crippen LogP contribution is 2.01. The molecule has 1 aromatic rings. The second kappa shape index (κ2) is 4.77. The van der Waals surface area contributed by atoms with Crippen LogP contribution < -0.4 is 10.6 Å². The summed E-state index contributed by atoms with van der Waals surface area (Å²) < 4.78 is 1.79. The molecule has 0 aromatic carbocycles. The minimum absolute atomic E-state index is 0.944. The van der Waals surface area contributed by atoms with E-state index < -0.39 is 0 Å². The molecule has 0 aliphatic rings. The van der Waals surface area contributed by atoms with Crippen LogP contribution in [0.15, 0.2) is 12.4 Å². The van der Waals surface area contributed by atoms with E-state index in [1.807, 2.05) is 19.4 Å². The Balaban J connectivity index is 2.15. The highest BCUT2D eigenvalue weighted by Gasteiger charge is 1.92. The molecule has 0 amide bonds. The van der Waals surface area contributed by atoms with Gasteiger partial charge in [0.05, 0.1) is 11.9 Å². The zero-order chi connectivity index (χ0) is 8.81. The second-order valence-corrected chi connectivity index (χ2v) is 2.68. The molecule has 0 fully saturated rings.